The van der Waals surface area contributed by atoms with Gasteiger partial charge in [0, 0.05) is 15.7 Å². The van der Waals surface area contributed by atoms with Crippen molar-refractivity contribution >= 4 is 33.7 Å². The van der Waals surface area contributed by atoms with E-state index in [9.17, 15) is 4.79 Å². The number of carbonyl (C=O) groups excluding carboxylic acids is 1. The molecule has 2 N–H and O–H groups in total. The first-order valence-corrected chi connectivity index (χ1v) is 10.4. The van der Waals surface area contributed by atoms with Crippen molar-refractivity contribution in [2.45, 2.75) is 26.5 Å². The minimum absolute atomic E-state index is 0.223. The lowest BCUT2D eigenvalue weighted by Crippen LogP contribution is -2.34. The van der Waals surface area contributed by atoms with Crippen LogP contribution in [-0.4, -0.2) is 18.2 Å². The van der Waals surface area contributed by atoms with Gasteiger partial charge in [0.25, 0.3) is 5.91 Å². The van der Waals surface area contributed by atoms with Crippen LogP contribution in [0.25, 0.3) is 0 Å². The third-order valence-corrected chi connectivity index (χ3v) is 4.90. The summed E-state index contributed by atoms with van der Waals surface area (Å²) in [7, 11) is 0. The fourth-order valence-electron chi connectivity index (χ4n) is 2.73. The Morgan fingerprint density at radius 3 is 2.63 bits per heavy atom. The van der Waals surface area contributed by atoms with E-state index in [0.29, 0.717) is 12.4 Å². The Morgan fingerprint density at radius 1 is 1.10 bits per heavy atom. The van der Waals surface area contributed by atoms with Crippen LogP contribution in [0.5, 0.6) is 5.75 Å². The second kappa shape index (κ2) is 10.6. The predicted octanol–water partition coefficient (Wildman–Crippen LogP) is 5.29. The number of hydrogen-bond acceptors (Lipinski definition) is 4. The predicted molar refractivity (Wildman–Crippen MR) is 125 cm³/mol. The molecule has 3 aromatic carbocycles. The normalized spacial score (nSPS) is 11.8. The molecule has 1 amide bonds. The molecule has 6 heteroatoms. The zero-order valence-electron chi connectivity index (χ0n) is 16.9. The molecule has 0 aliphatic carbocycles. The number of para-hydroxylation sites is 1. The average molecular weight is 466 g/mol. The van der Waals surface area contributed by atoms with Crippen molar-refractivity contribution < 1.29 is 9.53 Å². The molecule has 5 nitrogen and oxygen atoms in total. The zero-order chi connectivity index (χ0) is 21.3. The van der Waals surface area contributed by atoms with Crippen molar-refractivity contribution in [3.8, 4) is 5.75 Å². The van der Waals surface area contributed by atoms with Gasteiger partial charge in [-0.3, -0.25) is 4.79 Å². The Morgan fingerprint density at radius 2 is 1.87 bits per heavy atom. The van der Waals surface area contributed by atoms with Crippen LogP contribution in [0.4, 0.5) is 5.69 Å². The van der Waals surface area contributed by atoms with E-state index in [1.54, 1.807) is 13.1 Å². The van der Waals surface area contributed by atoms with Crippen LogP contribution in [0.1, 0.15) is 23.6 Å². The fraction of sp³-hybridized carbons (Fsp3) is 0.167. The molecule has 0 saturated carbocycles. The molecule has 0 aromatic heterocycles. The van der Waals surface area contributed by atoms with E-state index in [-0.39, 0.29) is 5.91 Å². The molecule has 0 radical (unpaired) electrons. The van der Waals surface area contributed by atoms with Crippen LogP contribution in [0.15, 0.2) is 82.4 Å². The summed E-state index contributed by atoms with van der Waals surface area (Å²) in [5.74, 6) is 0.473. The number of rotatable bonds is 8. The number of anilines is 1. The molecule has 3 aromatic rings. The number of carbonyl (C=O) groups is 1. The summed E-state index contributed by atoms with van der Waals surface area (Å²) in [5, 5.41) is 7.25. The van der Waals surface area contributed by atoms with Crippen molar-refractivity contribution in [2.24, 2.45) is 5.10 Å². The average Bonchev–Trinajstić information content (AvgIpc) is 2.74. The molecule has 154 valence electrons. The van der Waals surface area contributed by atoms with Gasteiger partial charge in [0.2, 0.25) is 0 Å². The van der Waals surface area contributed by atoms with Gasteiger partial charge in [-0.1, -0.05) is 57.9 Å². The number of nitrogens with zero attached hydrogens (tertiary/aromatic N) is 1. The highest BCUT2D eigenvalue weighted by atomic mass is 79.9. The second-order valence-corrected chi connectivity index (χ2v) is 7.84. The summed E-state index contributed by atoms with van der Waals surface area (Å²) in [4.78, 5) is 12.3. The maximum absolute atomic E-state index is 12.3. The first-order valence-electron chi connectivity index (χ1n) is 9.63. The fourth-order valence-corrected chi connectivity index (χ4v) is 3.18. The van der Waals surface area contributed by atoms with E-state index < -0.39 is 6.04 Å². The van der Waals surface area contributed by atoms with Crippen molar-refractivity contribution in [3.63, 3.8) is 0 Å². The standard InChI is InChI=1S/C24H24BrN3O2/c1-17-10-12-22(13-11-17)27-18(2)24(29)28-26-15-20-7-3-4-9-23(20)30-16-19-6-5-8-21(25)14-19/h3-15,18,27H,16H2,1-2H3,(H,28,29)/t18-/m0/s1. The Hall–Kier alpha value is -3.12. The third kappa shape index (κ3) is 6.46. The van der Waals surface area contributed by atoms with E-state index in [1.807, 2.05) is 79.7 Å². The molecule has 0 heterocycles. The Kier molecular flexibility index (Phi) is 7.63. The monoisotopic (exact) mass is 465 g/mol. The number of benzene rings is 3. The van der Waals surface area contributed by atoms with Gasteiger partial charge in [0.1, 0.15) is 18.4 Å². The molecule has 0 spiro atoms. The topological polar surface area (TPSA) is 62.7 Å². The molecule has 0 unspecified atom stereocenters. The van der Waals surface area contributed by atoms with E-state index in [2.05, 4.69) is 31.8 Å². The summed E-state index contributed by atoms with van der Waals surface area (Å²) < 4.78 is 6.94. The van der Waals surface area contributed by atoms with Crippen LogP contribution in [-0.2, 0) is 11.4 Å². The van der Waals surface area contributed by atoms with Gasteiger partial charge in [0.05, 0.1) is 6.21 Å². The Labute approximate surface area is 185 Å². The molecule has 0 bridgehead atoms. The molecular weight excluding hydrogens is 442 g/mol. The quantitative estimate of drug-likeness (QED) is 0.351. The van der Waals surface area contributed by atoms with Gasteiger partial charge >= 0.3 is 0 Å². The summed E-state index contributed by atoms with van der Waals surface area (Å²) in [5.41, 5.74) is 6.47. The highest BCUT2D eigenvalue weighted by molar-refractivity contribution is 9.10. The lowest BCUT2D eigenvalue weighted by Gasteiger charge is -2.13. The summed E-state index contributed by atoms with van der Waals surface area (Å²) in [6, 6.07) is 23.0. The highest BCUT2D eigenvalue weighted by Gasteiger charge is 2.11. The molecule has 0 fully saturated rings. The van der Waals surface area contributed by atoms with Crippen molar-refractivity contribution in [1.29, 1.82) is 0 Å². The van der Waals surface area contributed by atoms with Crippen LogP contribution < -0.4 is 15.5 Å². The van der Waals surface area contributed by atoms with Gasteiger partial charge in [0.15, 0.2) is 0 Å². The van der Waals surface area contributed by atoms with Crippen LogP contribution >= 0.6 is 15.9 Å². The summed E-state index contributed by atoms with van der Waals surface area (Å²) in [6.45, 7) is 4.25. The summed E-state index contributed by atoms with van der Waals surface area (Å²) >= 11 is 3.46. The Balaban J connectivity index is 1.56. The van der Waals surface area contributed by atoms with Gasteiger partial charge in [-0.25, -0.2) is 5.43 Å². The largest absolute Gasteiger partial charge is 0.488 e. The molecular formula is C24H24BrN3O2. The number of halogens is 1. The maximum atomic E-state index is 12.3. The third-order valence-electron chi connectivity index (χ3n) is 4.41. The van der Waals surface area contributed by atoms with Crippen molar-refractivity contribution in [2.75, 3.05) is 5.32 Å². The lowest BCUT2D eigenvalue weighted by molar-refractivity contribution is -0.121. The van der Waals surface area contributed by atoms with E-state index >= 15 is 0 Å². The lowest BCUT2D eigenvalue weighted by atomic mass is 10.2. The van der Waals surface area contributed by atoms with Crippen molar-refractivity contribution in [3.05, 3.63) is 94.0 Å². The number of ether oxygens (including phenoxy) is 1. The number of hydrazone groups is 1. The van der Waals surface area contributed by atoms with Crippen LogP contribution in [0.3, 0.4) is 0 Å². The van der Waals surface area contributed by atoms with Crippen LogP contribution in [0.2, 0.25) is 0 Å². The second-order valence-electron chi connectivity index (χ2n) is 6.92. The maximum Gasteiger partial charge on any atom is 0.262 e. The minimum Gasteiger partial charge on any atom is -0.488 e. The van der Waals surface area contributed by atoms with Gasteiger partial charge in [-0.15, -0.1) is 0 Å². The first-order chi connectivity index (χ1) is 14.5. The highest BCUT2D eigenvalue weighted by Crippen LogP contribution is 2.19. The Bertz CT molecular complexity index is 1020. The zero-order valence-corrected chi connectivity index (χ0v) is 18.5. The van der Waals surface area contributed by atoms with E-state index in [4.69, 9.17) is 4.74 Å². The van der Waals surface area contributed by atoms with Gasteiger partial charge in [-0.05, 0) is 55.8 Å². The van der Waals surface area contributed by atoms with E-state index in [1.165, 1.54) is 5.56 Å². The van der Waals surface area contributed by atoms with Gasteiger partial charge in [-0.2, -0.15) is 5.10 Å². The minimum atomic E-state index is -0.423. The number of amides is 1. The van der Waals surface area contributed by atoms with Crippen LogP contribution in [0, 0.1) is 6.92 Å². The number of nitrogens with one attached hydrogen (secondary N) is 2. The van der Waals surface area contributed by atoms with Crippen molar-refractivity contribution in [1.82, 2.24) is 5.43 Å². The molecule has 0 aliphatic heterocycles. The first kappa shape index (κ1) is 21.6. The molecule has 30 heavy (non-hydrogen) atoms. The molecule has 3 rings (SSSR count). The molecule has 0 aliphatic rings. The molecule has 0 saturated heterocycles. The smallest absolute Gasteiger partial charge is 0.262 e. The number of hydrogen-bond donors (Lipinski definition) is 2. The summed E-state index contributed by atoms with van der Waals surface area (Å²) in [6.07, 6.45) is 1.59. The number of aryl methyl sites for hydroxylation is 1. The van der Waals surface area contributed by atoms with Gasteiger partial charge < -0.3 is 10.1 Å². The molecule has 1 atom stereocenters. The SMILES string of the molecule is Cc1ccc(N[C@@H](C)C(=O)NN=Cc2ccccc2OCc2cccc(Br)c2)cc1. The van der Waals surface area contributed by atoms with E-state index in [0.717, 1.165) is 21.3 Å².